The quantitative estimate of drug-likeness (QED) is 0.612. The summed E-state index contributed by atoms with van der Waals surface area (Å²) in [4.78, 5) is 1.62. The minimum atomic E-state index is 0.285. The van der Waals surface area contributed by atoms with E-state index in [-0.39, 0.29) is 5.75 Å². The zero-order valence-electron chi connectivity index (χ0n) is 4.69. The van der Waals surface area contributed by atoms with Gasteiger partial charge >= 0.3 is 61.2 Å². The number of hydrogen-bond acceptors (Lipinski definition) is 1. The van der Waals surface area contributed by atoms with Crippen LogP contribution in [0.2, 0.25) is 0 Å². The Morgan fingerprint density at radius 2 is 2.00 bits per heavy atom. The van der Waals surface area contributed by atoms with Crippen LogP contribution in [-0.2, 0) is 15.6 Å². The molecule has 0 aliphatic carbocycles. The third kappa shape index (κ3) is 1.41. The van der Waals surface area contributed by atoms with E-state index in [0.717, 1.165) is 5.56 Å². The summed E-state index contributed by atoms with van der Waals surface area (Å²) >= 11 is 3.53. The first-order chi connectivity index (χ1) is 4.34. The monoisotopic (exact) mass is 162 g/mol. The molecule has 0 radical (unpaired) electrons. The van der Waals surface area contributed by atoms with Crippen LogP contribution < -0.4 is 0 Å². The van der Waals surface area contributed by atoms with Gasteiger partial charge in [-0.25, -0.2) is 0 Å². The predicted molar refractivity (Wildman–Crippen MR) is 33.3 cm³/mol. The van der Waals surface area contributed by atoms with Gasteiger partial charge in [-0.2, -0.15) is 0 Å². The van der Waals surface area contributed by atoms with Crippen LogP contribution >= 0.6 is 0 Å². The van der Waals surface area contributed by atoms with Crippen LogP contribution in [0.3, 0.4) is 0 Å². The van der Waals surface area contributed by atoms with Crippen LogP contribution in [-0.4, -0.2) is 10.0 Å². The third-order valence-electron chi connectivity index (χ3n) is 1.05. The Bertz CT molecular complexity index is 220. The van der Waals surface area contributed by atoms with Crippen molar-refractivity contribution in [3.05, 3.63) is 29.8 Å². The summed E-state index contributed by atoms with van der Waals surface area (Å²) in [5.41, 5.74) is 0.775. The van der Waals surface area contributed by atoms with E-state index in [1.54, 1.807) is 17.1 Å². The van der Waals surface area contributed by atoms with E-state index < -0.39 is 0 Å². The molecule has 1 aromatic carbocycles. The number of benzene rings is 1. The fraction of sp³-hybridized carbons (Fsp3) is 0. The number of para-hydroxylation sites is 1. The van der Waals surface area contributed by atoms with E-state index in [2.05, 4.69) is 15.6 Å². The maximum absolute atomic E-state index is 9.04. The SMILES string of the molecule is Oc1ccccc1[CH]=[Fe]. The Balaban J connectivity index is 3.15. The van der Waals surface area contributed by atoms with Crippen molar-refractivity contribution in [2.45, 2.75) is 0 Å². The van der Waals surface area contributed by atoms with Gasteiger partial charge in [-0.1, -0.05) is 0 Å². The fourth-order valence-corrected chi connectivity index (χ4v) is 0.843. The van der Waals surface area contributed by atoms with Crippen molar-refractivity contribution in [3.63, 3.8) is 0 Å². The molecule has 9 heavy (non-hydrogen) atoms. The second kappa shape index (κ2) is 2.81. The molecule has 2 heteroatoms. The molecule has 0 bridgehead atoms. The molecule has 1 N–H and O–H groups in total. The average molecular weight is 162 g/mol. The Labute approximate surface area is 61.7 Å². The van der Waals surface area contributed by atoms with Crippen molar-refractivity contribution >= 4 is 4.92 Å². The normalized spacial score (nSPS) is 9.00. The average Bonchev–Trinajstić information content (AvgIpc) is 1.89. The zero-order chi connectivity index (χ0) is 6.69. The molecule has 0 unspecified atom stereocenters. The van der Waals surface area contributed by atoms with Crippen LogP contribution in [0.25, 0.3) is 0 Å². The van der Waals surface area contributed by atoms with Crippen LogP contribution in [0.5, 0.6) is 5.75 Å². The Hall–Kier alpha value is -0.591. The summed E-state index contributed by atoms with van der Waals surface area (Å²) in [5.74, 6) is 0.285. The van der Waals surface area contributed by atoms with Gasteiger partial charge in [0.2, 0.25) is 0 Å². The van der Waals surface area contributed by atoms with Gasteiger partial charge in [-0.05, 0) is 0 Å². The molecule has 1 nitrogen and oxygen atoms in total. The van der Waals surface area contributed by atoms with Gasteiger partial charge in [0.15, 0.2) is 0 Å². The number of phenols is 1. The summed E-state index contributed by atoms with van der Waals surface area (Å²) in [6.07, 6.45) is 0. The van der Waals surface area contributed by atoms with Crippen molar-refractivity contribution in [2.75, 3.05) is 0 Å². The molecule has 0 amide bonds. The molecule has 0 aromatic heterocycles. The fourth-order valence-electron chi connectivity index (χ4n) is 0.574. The van der Waals surface area contributed by atoms with Gasteiger partial charge < -0.3 is 0 Å². The molecule has 0 fully saturated rings. The zero-order valence-corrected chi connectivity index (χ0v) is 5.79. The summed E-state index contributed by atoms with van der Waals surface area (Å²) in [6.45, 7) is 0. The first-order valence-electron chi connectivity index (χ1n) is 2.54. The van der Waals surface area contributed by atoms with Crippen molar-refractivity contribution in [1.29, 1.82) is 0 Å². The number of hydrogen-bond donors (Lipinski definition) is 1. The van der Waals surface area contributed by atoms with E-state index in [0.29, 0.717) is 0 Å². The van der Waals surface area contributed by atoms with Crippen molar-refractivity contribution in [2.24, 2.45) is 0 Å². The van der Waals surface area contributed by atoms with E-state index in [9.17, 15) is 0 Å². The topological polar surface area (TPSA) is 20.2 Å². The van der Waals surface area contributed by atoms with Gasteiger partial charge in [0.25, 0.3) is 0 Å². The molecule has 0 atom stereocenters. The molecule has 0 saturated heterocycles. The summed E-state index contributed by atoms with van der Waals surface area (Å²) in [7, 11) is 0. The number of phenolic OH excluding ortho intramolecular Hbond substituents is 1. The molecular weight excluding hydrogens is 156 g/mol. The first kappa shape index (κ1) is 6.53. The first-order valence-corrected chi connectivity index (χ1v) is 3.18. The van der Waals surface area contributed by atoms with Crippen molar-refractivity contribution in [3.8, 4) is 5.75 Å². The molecule has 0 aliphatic rings. The van der Waals surface area contributed by atoms with Gasteiger partial charge in [0.1, 0.15) is 0 Å². The molecule has 0 aliphatic heterocycles. The Morgan fingerprint density at radius 3 is 2.44 bits per heavy atom. The molecular formula is C7H6FeO. The van der Waals surface area contributed by atoms with Crippen molar-refractivity contribution < 1.29 is 20.7 Å². The Kier molecular flexibility index (Phi) is 2.04. The van der Waals surface area contributed by atoms with Crippen LogP contribution in [0.4, 0.5) is 0 Å². The maximum atomic E-state index is 9.04. The summed E-state index contributed by atoms with van der Waals surface area (Å²) in [5, 5.41) is 9.04. The van der Waals surface area contributed by atoms with Gasteiger partial charge in [0, 0.05) is 0 Å². The molecule has 0 spiro atoms. The van der Waals surface area contributed by atoms with E-state index in [1.165, 1.54) is 0 Å². The van der Waals surface area contributed by atoms with E-state index >= 15 is 0 Å². The van der Waals surface area contributed by atoms with Crippen molar-refractivity contribution in [1.82, 2.24) is 0 Å². The second-order valence-electron chi connectivity index (χ2n) is 1.66. The third-order valence-corrected chi connectivity index (χ3v) is 1.39. The van der Waals surface area contributed by atoms with Crippen LogP contribution in [0, 0.1) is 0 Å². The van der Waals surface area contributed by atoms with Gasteiger partial charge in [-0.15, -0.1) is 0 Å². The summed E-state index contributed by atoms with van der Waals surface area (Å²) in [6, 6.07) is 7.08. The summed E-state index contributed by atoms with van der Waals surface area (Å²) < 4.78 is 0. The number of aromatic hydroxyl groups is 1. The predicted octanol–water partition coefficient (Wildman–Crippen LogP) is 1.09. The van der Waals surface area contributed by atoms with Crippen LogP contribution in [0.1, 0.15) is 5.56 Å². The molecule has 0 saturated carbocycles. The molecule has 0 heterocycles. The minimum absolute atomic E-state index is 0.285. The van der Waals surface area contributed by atoms with Gasteiger partial charge in [-0.3, -0.25) is 0 Å². The Morgan fingerprint density at radius 1 is 1.33 bits per heavy atom. The van der Waals surface area contributed by atoms with E-state index in [1.807, 2.05) is 12.1 Å². The standard InChI is InChI=1S/C7H6O.Fe/c1-6-4-2-3-5-7(6)8;/h1-5,8H;. The molecule has 48 valence electrons. The van der Waals surface area contributed by atoms with E-state index in [4.69, 9.17) is 5.11 Å². The molecule has 1 aromatic rings. The van der Waals surface area contributed by atoms with Gasteiger partial charge in [0.05, 0.1) is 0 Å². The molecule has 1 rings (SSSR count). The van der Waals surface area contributed by atoms with Crippen LogP contribution in [0.15, 0.2) is 24.3 Å². The number of rotatable bonds is 1. The second-order valence-corrected chi connectivity index (χ2v) is 1.98.